The normalized spacial score (nSPS) is 17.5. The highest BCUT2D eigenvalue weighted by atomic mass is 35.5. The Morgan fingerprint density at radius 2 is 1.76 bits per heavy atom. The van der Waals surface area contributed by atoms with Gasteiger partial charge in [-0.1, -0.05) is 35.9 Å². The molecule has 8 heteroatoms. The summed E-state index contributed by atoms with van der Waals surface area (Å²) < 4.78 is 19.7. The Morgan fingerprint density at radius 1 is 1.09 bits per heavy atom. The van der Waals surface area contributed by atoms with Gasteiger partial charge in [-0.25, -0.2) is 0 Å². The number of ketones is 1. The van der Waals surface area contributed by atoms with Crippen LogP contribution >= 0.6 is 11.6 Å². The molecule has 0 aliphatic carbocycles. The van der Waals surface area contributed by atoms with Crippen LogP contribution in [0.25, 0.3) is 0 Å². The molecule has 0 saturated carbocycles. The first kappa shape index (κ1) is 23.2. The van der Waals surface area contributed by atoms with E-state index in [0.29, 0.717) is 34.8 Å². The van der Waals surface area contributed by atoms with Crippen LogP contribution in [0.4, 0.5) is 5.69 Å². The van der Waals surface area contributed by atoms with Crippen LogP contribution in [0, 0.1) is 0 Å². The Kier molecular flexibility index (Phi) is 6.93. The molecule has 0 fully saturated rings. The Hall–Kier alpha value is -3.00. The van der Waals surface area contributed by atoms with E-state index in [1.54, 1.807) is 48.8 Å². The molecule has 6 nitrogen and oxygen atoms in total. The summed E-state index contributed by atoms with van der Waals surface area (Å²) in [4.78, 5) is 26.0. The quantitative estimate of drug-likeness (QED) is 0.533. The summed E-state index contributed by atoms with van der Waals surface area (Å²) in [6.45, 7) is 0.344. The van der Waals surface area contributed by atoms with Crippen LogP contribution in [0.1, 0.15) is 31.8 Å². The minimum absolute atomic E-state index is 0.235. The van der Waals surface area contributed by atoms with E-state index in [-0.39, 0.29) is 11.7 Å². The molecule has 170 valence electrons. The van der Waals surface area contributed by atoms with Gasteiger partial charge >= 0.3 is 0 Å². The monoisotopic (exact) mass is 482 g/mol. The van der Waals surface area contributed by atoms with Crippen LogP contribution in [0.2, 0.25) is 5.02 Å². The number of carbonyl (C=O) groups is 2. The van der Waals surface area contributed by atoms with Gasteiger partial charge in [-0.3, -0.25) is 9.59 Å². The molecule has 4 rings (SSSR count). The molecular formula is C25H23ClN2O4S. The summed E-state index contributed by atoms with van der Waals surface area (Å²) in [5, 5.41) is 2.74. The highest BCUT2D eigenvalue weighted by Crippen LogP contribution is 2.34. The van der Waals surface area contributed by atoms with Crippen LogP contribution < -0.4 is 14.4 Å². The van der Waals surface area contributed by atoms with Crippen molar-refractivity contribution in [2.75, 3.05) is 18.5 Å². The lowest BCUT2D eigenvalue weighted by Crippen LogP contribution is -2.47. The second-order valence-electron chi connectivity index (χ2n) is 7.72. The van der Waals surface area contributed by atoms with Gasteiger partial charge in [0.05, 0.1) is 36.8 Å². The van der Waals surface area contributed by atoms with Crippen molar-refractivity contribution in [3.05, 3.63) is 94.0 Å². The SMILES string of the molecule is COc1ccc(CNC(=O)c2ccc3c(c2)C(=O)C(Cc2ccc(Cl)cc2)[S+]([O-])N3C)cc1. The number of halogens is 1. The first-order valence-corrected chi connectivity index (χ1v) is 11.9. The largest absolute Gasteiger partial charge is 0.592 e. The zero-order chi connectivity index (χ0) is 23.5. The van der Waals surface area contributed by atoms with Crippen molar-refractivity contribution in [2.45, 2.75) is 18.2 Å². The van der Waals surface area contributed by atoms with E-state index in [9.17, 15) is 14.1 Å². The van der Waals surface area contributed by atoms with E-state index in [0.717, 1.165) is 16.9 Å². The third-order valence-electron chi connectivity index (χ3n) is 5.62. The molecule has 33 heavy (non-hydrogen) atoms. The minimum atomic E-state index is -1.53. The van der Waals surface area contributed by atoms with Gasteiger partial charge in [-0.2, -0.15) is 4.31 Å². The molecule has 2 unspecified atom stereocenters. The van der Waals surface area contributed by atoms with E-state index in [2.05, 4.69) is 5.32 Å². The van der Waals surface area contributed by atoms with Crippen LogP contribution in [0.3, 0.4) is 0 Å². The highest BCUT2D eigenvalue weighted by Gasteiger charge is 2.42. The lowest BCUT2D eigenvalue weighted by Gasteiger charge is -2.33. The van der Waals surface area contributed by atoms with E-state index in [4.69, 9.17) is 16.3 Å². The van der Waals surface area contributed by atoms with Crippen molar-refractivity contribution >= 4 is 40.3 Å². The summed E-state index contributed by atoms with van der Waals surface area (Å²) >= 11 is 4.42. The molecule has 1 heterocycles. The fourth-order valence-corrected chi connectivity index (χ4v) is 5.23. The summed E-state index contributed by atoms with van der Waals surface area (Å²) in [6, 6.07) is 19.5. The third-order valence-corrected chi connectivity index (χ3v) is 7.47. The fraction of sp³-hybridized carbons (Fsp3) is 0.200. The number of ether oxygens (including phenoxy) is 1. The van der Waals surface area contributed by atoms with Crippen molar-refractivity contribution in [3.63, 3.8) is 0 Å². The number of rotatable bonds is 6. The van der Waals surface area contributed by atoms with Gasteiger partial charge in [0.25, 0.3) is 5.91 Å². The molecule has 1 aliphatic heterocycles. The van der Waals surface area contributed by atoms with E-state index in [1.807, 2.05) is 36.4 Å². The van der Waals surface area contributed by atoms with Crippen molar-refractivity contribution in [1.82, 2.24) is 5.32 Å². The minimum Gasteiger partial charge on any atom is -0.592 e. The molecule has 1 amide bonds. The summed E-state index contributed by atoms with van der Waals surface area (Å²) in [5.41, 5.74) is 3.13. The third kappa shape index (κ3) is 5.00. The number of amides is 1. The van der Waals surface area contributed by atoms with Gasteiger partial charge in [0.15, 0.2) is 0 Å². The Morgan fingerprint density at radius 3 is 2.42 bits per heavy atom. The average molecular weight is 483 g/mol. The number of hydrogen-bond donors (Lipinski definition) is 1. The van der Waals surface area contributed by atoms with Gasteiger partial charge in [0.1, 0.15) is 5.75 Å². The lowest BCUT2D eigenvalue weighted by molar-refractivity contribution is 0.0951. The maximum Gasteiger partial charge on any atom is 0.251 e. The van der Waals surface area contributed by atoms with Crippen LogP contribution in [-0.2, 0) is 24.3 Å². The number of nitrogens with zero attached hydrogens (tertiary/aromatic N) is 1. The van der Waals surface area contributed by atoms with Crippen LogP contribution in [-0.4, -0.2) is 35.7 Å². The van der Waals surface area contributed by atoms with E-state index in [1.165, 1.54) is 0 Å². The number of nitrogens with one attached hydrogen (secondary N) is 1. The van der Waals surface area contributed by atoms with E-state index < -0.39 is 16.6 Å². The van der Waals surface area contributed by atoms with Crippen molar-refractivity contribution in [1.29, 1.82) is 0 Å². The number of methoxy groups -OCH3 is 1. The number of anilines is 1. The molecule has 0 saturated heterocycles. The average Bonchev–Trinajstić information content (AvgIpc) is 2.85. The number of fused-ring (bicyclic) bond motifs is 1. The number of hydrogen-bond acceptors (Lipinski definition) is 5. The summed E-state index contributed by atoms with van der Waals surface area (Å²) in [7, 11) is 3.29. The highest BCUT2D eigenvalue weighted by molar-refractivity contribution is 7.94. The molecule has 3 aromatic rings. The van der Waals surface area contributed by atoms with Gasteiger partial charge in [0, 0.05) is 23.6 Å². The molecular weight excluding hydrogens is 460 g/mol. The van der Waals surface area contributed by atoms with Gasteiger partial charge in [-0.05, 0) is 53.6 Å². The van der Waals surface area contributed by atoms with Crippen molar-refractivity contribution in [3.8, 4) is 5.75 Å². The number of benzene rings is 3. The van der Waals surface area contributed by atoms with E-state index >= 15 is 0 Å². The van der Waals surface area contributed by atoms with Crippen molar-refractivity contribution < 1.29 is 18.9 Å². The fourth-order valence-electron chi connectivity index (χ4n) is 3.73. The van der Waals surface area contributed by atoms with Crippen molar-refractivity contribution in [2.24, 2.45) is 0 Å². The van der Waals surface area contributed by atoms with Gasteiger partial charge < -0.3 is 14.6 Å². The smallest absolute Gasteiger partial charge is 0.251 e. The maximum absolute atomic E-state index is 13.3. The standard InChI is InChI=1S/C25H23ClN2O4S/c1-28-22-12-7-18(25(30)27-15-17-5-10-20(32-2)11-6-17)14-21(22)24(29)23(33(28)31)13-16-3-8-19(26)9-4-16/h3-12,14,23H,13,15H2,1-2H3,(H,27,30). The Balaban J connectivity index is 1.52. The summed E-state index contributed by atoms with van der Waals surface area (Å²) in [6.07, 6.45) is 0.320. The summed E-state index contributed by atoms with van der Waals surface area (Å²) in [5.74, 6) is 0.221. The van der Waals surface area contributed by atoms with Gasteiger partial charge in [0.2, 0.25) is 11.0 Å². The molecule has 1 aliphatic rings. The predicted molar refractivity (Wildman–Crippen MR) is 130 cm³/mol. The van der Waals surface area contributed by atoms with Crippen LogP contribution in [0.15, 0.2) is 66.7 Å². The Bertz CT molecular complexity index is 1170. The second kappa shape index (κ2) is 9.87. The molecule has 3 aromatic carbocycles. The molecule has 0 radical (unpaired) electrons. The topological polar surface area (TPSA) is 81.7 Å². The maximum atomic E-state index is 13.3. The van der Waals surface area contributed by atoms with Gasteiger partial charge in [-0.15, -0.1) is 0 Å². The lowest BCUT2D eigenvalue weighted by atomic mass is 9.98. The zero-order valence-corrected chi connectivity index (χ0v) is 19.8. The number of carbonyl (C=O) groups excluding carboxylic acids is 2. The zero-order valence-electron chi connectivity index (χ0n) is 18.2. The van der Waals surface area contributed by atoms with Crippen LogP contribution in [0.5, 0.6) is 5.75 Å². The second-order valence-corrected chi connectivity index (χ2v) is 9.83. The number of Topliss-reactive ketones (excluding diaryl/α,β-unsaturated/α-hetero) is 1. The molecule has 2 atom stereocenters. The molecule has 0 spiro atoms. The molecule has 1 N–H and O–H groups in total. The first-order valence-electron chi connectivity index (χ1n) is 10.4. The first-order chi connectivity index (χ1) is 15.9. The predicted octanol–water partition coefficient (Wildman–Crippen LogP) is 4.19. The Labute approximate surface area is 200 Å². The molecule has 0 bridgehead atoms. The molecule has 0 aromatic heterocycles.